The summed E-state index contributed by atoms with van der Waals surface area (Å²) >= 11 is 0. The van der Waals surface area contributed by atoms with Gasteiger partial charge < -0.3 is 24.4 Å². The van der Waals surface area contributed by atoms with E-state index in [1.807, 2.05) is 43.3 Å². The van der Waals surface area contributed by atoms with Gasteiger partial charge in [0.25, 0.3) is 11.7 Å². The Morgan fingerprint density at radius 2 is 1.92 bits per heavy atom. The molecule has 0 aliphatic carbocycles. The Hall–Kier alpha value is -3.58. The lowest BCUT2D eigenvalue weighted by Gasteiger charge is -2.27. The van der Waals surface area contributed by atoms with Crippen molar-refractivity contribution in [1.82, 2.24) is 9.80 Å². The number of ketones is 1. The topological polar surface area (TPSA) is 79.3 Å². The lowest BCUT2D eigenvalue weighted by molar-refractivity contribution is -0.140. The zero-order valence-electron chi connectivity index (χ0n) is 21.9. The molecule has 2 atom stereocenters. The summed E-state index contributed by atoms with van der Waals surface area (Å²) in [5.41, 5.74) is 2.34. The van der Waals surface area contributed by atoms with Gasteiger partial charge in [-0.25, -0.2) is 0 Å². The maximum absolute atomic E-state index is 13.3. The maximum atomic E-state index is 13.3. The van der Waals surface area contributed by atoms with Gasteiger partial charge in [-0.2, -0.15) is 0 Å². The Bertz CT molecular complexity index is 1180. The van der Waals surface area contributed by atoms with E-state index in [0.29, 0.717) is 24.5 Å². The van der Waals surface area contributed by atoms with Gasteiger partial charge in [0, 0.05) is 18.5 Å². The predicted octanol–water partition coefficient (Wildman–Crippen LogP) is 4.73. The highest BCUT2D eigenvalue weighted by molar-refractivity contribution is 6.46. The van der Waals surface area contributed by atoms with Crippen LogP contribution >= 0.6 is 0 Å². The third-order valence-electron chi connectivity index (χ3n) is 7.04. The Balaban J connectivity index is 1.71. The van der Waals surface area contributed by atoms with Crippen LogP contribution in [0.25, 0.3) is 5.76 Å². The normalized spacial score (nSPS) is 20.3. The maximum Gasteiger partial charge on any atom is 0.295 e. The fraction of sp³-hybridized carbons (Fsp3) is 0.400. The summed E-state index contributed by atoms with van der Waals surface area (Å²) in [6, 6.07) is 12.0. The highest BCUT2D eigenvalue weighted by atomic mass is 16.5. The van der Waals surface area contributed by atoms with Crippen LogP contribution < -0.4 is 9.47 Å². The molecule has 0 bridgehead atoms. The number of hydrogen-bond acceptors (Lipinski definition) is 6. The molecule has 2 heterocycles. The fourth-order valence-corrected chi connectivity index (χ4v) is 5.09. The molecule has 2 aromatic carbocycles. The monoisotopic (exact) mass is 504 g/mol. The first kappa shape index (κ1) is 26.5. The molecule has 1 fully saturated rings. The highest BCUT2D eigenvalue weighted by Crippen LogP contribution is 2.41. The number of Topliss-reactive ketones (excluding diaryl/α,β-unsaturated/α-hetero) is 1. The van der Waals surface area contributed by atoms with E-state index in [9.17, 15) is 14.7 Å². The number of nitrogens with zero attached hydrogens (tertiary/aromatic N) is 2. The number of carbonyl (C=O) groups excluding carboxylic acids is 2. The minimum absolute atomic E-state index is 0.0607. The summed E-state index contributed by atoms with van der Waals surface area (Å²) < 4.78 is 11.4. The van der Waals surface area contributed by atoms with Gasteiger partial charge in [0.15, 0.2) is 0 Å². The lowest BCUT2D eigenvalue weighted by Crippen LogP contribution is -2.33. The van der Waals surface area contributed by atoms with Crippen LogP contribution in [0.2, 0.25) is 0 Å². The van der Waals surface area contributed by atoms with Crippen LogP contribution in [0.3, 0.4) is 0 Å². The van der Waals surface area contributed by atoms with Crippen molar-refractivity contribution in [2.75, 3.05) is 32.8 Å². The first-order valence-corrected chi connectivity index (χ1v) is 13.0. The summed E-state index contributed by atoms with van der Waals surface area (Å²) in [4.78, 5) is 30.5. The SMILES string of the molecule is C=CCOc1ccc([C@@H]2/C(=C(\O)c3ccc4c(c3)C[C@@H](C)O4)C(=O)C(=O)N2CCCN(CC)CC)cc1. The molecule has 0 aromatic heterocycles. The van der Waals surface area contributed by atoms with E-state index in [2.05, 4.69) is 25.3 Å². The molecular formula is C30H36N2O5. The highest BCUT2D eigenvalue weighted by Gasteiger charge is 2.46. The molecule has 0 unspecified atom stereocenters. The number of hydrogen-bond donors (Lipinski definition) is 1. The Morgan fingerprint density at radius 1 is 1.19 bits per heavy atom. The molecule has 0 spiro atoms. The van der Waals surface area contributed by atoms with Crippen molar-refractivity contribution in [1.29, 1.82) is 0 Å². The summed E-state index contributed by atoms with van der Waals surface area (Å²) in [6.45, 7) is 13.3. The van der Waals surface area contributed by atoms with Crippen molar-refractivity contribution in [3.05, 3.63) is 77.4 Å². The van der Waals surface area contributed by atoms with Crippen molar-refractivity contribution in [3.63, 3.8) is 0 Å². The number of rotatable bonds is 11. The van der Waals surface area contributed by atoms with Crippen LogP contribution in [-0.4, -0.2) is 65.5 Å². The quantitative estimate of drug-likeness (QED) is 0.206. The number of aliphatic hydroxyl groups excluding tert-OH is 1. The van der Waals surface area contributed by atoms with E-state index in [-0.39, 0.29) is 17.4 Å². The van der Waals surface area contributed by atoms with E-state index in [1.165, 1.54) is 0 Å². The third kappa shape index (κ3) is 5.57. The second kappa shape index (κ2) is 11.6. The molecule has 0 radical (unpaired) electrons. The smallest absolute Gasteiger partial charge is 0.295 e. The Morgan fingerprint density at radius 3 is 2.59 bits per heavy atom. The summed E-state index contributed by atoms with van der Waals surface area (Å²) in [7, 11) is 0. The molecule has 1 amide bonds. The number of likely N-dealkylation sites (tertiary alicyclic amines) is 1. The fourth-order valence-electron chi connectivity index (χ4n) is 5.09. The molecule has 2 aromatic rings. The van der Waals surface area contributed by atoms with E-state index in [1.54, 1.807) is 17.0 Å². The van der Waals surface area contributed by atoms with Gasteiger partial charge in [-0.15, -0.1) is 0 Å². The summed E-state index contributed by atoms with van der Waals surface area (Å²) in [5, 5.41) is 11.4. The Kier molecular flexibility index (Phi) is 8.34. The van der Waals surface area contributed by atoms with Crippen LogP contribution in [0.15, 0.2) is 60.7 Å². The number of amides is 1. The number of ether oxygens (including phenoxy) is 2. The first-order chi connectivity index (χ1) is 17.9. The summed E-state index contributed by atoms with van der Waals surface area (Å²) in [6.07, 6.45) is 3.18. The molecular weight excluding hydrogens is 468 g/mol. The van der Waals surface area contributed by atoms with Gasteiger partial charge in [0.05, 0.1) is 11.6 Å². The zero-order valence-corrected chi connectivity index (χ0v) is 21.9. The average Bonchev–Trinajstić information content (AvgIpc) is 3.40. The Labute approximate surface area is 219 Å². The van der Waals surface area contributed by atoms with Crippen molar-refractivity contribution in [3.8, 4) is 11.5 Å². The molecule has 2 aliphatic heterocycles. The number of fused-ring (bicyclic) bond motifs is 1. The van der Waals surface area contributed by atoms with Crippen LogP contribution in [0, 0.1) is 0 Å². The molecule has 7 nitrogen and oxygen atoms in total. The van der Waals surface area contributed by atoms with Gasteiger partial charge in [-0.3, -0.25) is 9.59 Å². The van der Waals surface area contributed by atoms with E-state index >= 15 is 0 Å². The van der Waals surface area contributed by atoms with Gasteiger partial charge in [0.2, 0.25) is 0 Å². The minimum atomic E-state index is -0.686. The largest absolute Gasteiger partial charge is 0.507 e. The van der Waals surface area contributed by atoms with Crippen molar-refractivity contribution in [2.24, 2.45) is 0 Å². The third-order valence-corrected chi connectivity index (χ3v) is 7.04. The number of carbonyl (C=O) groups is 2. The molecule has 1 saturated heterocycles. The minimum Gasteiger partial charge on any atom is -0.507 e. The molecule has 37 heavy (non-hydrogen) atoms. The number of aliphatic hydroxyl groups is 1. The molecule has 1 N–H and O–H groups in total. The average molecular weight is 505 g/mol. The van der Waals surface area contributed by atoms with Crippen LogP contribution in [0.1, 0.15) is 49.9 Å². The zero-order chi connectivity index (χ0) is 26.5. The van der Waals surface area contributed by atoms with Crippen molar-refractivity contribution < 1.29 is 24.2 Å². The molecule has 0 saturated carbocycles. The van der Waals surface area contributed by atoms with Gasteiger partial charge in [-0.05, 0) is 74.4 Å². The van der Waals surface area contributed by atoms with E-state index in [0.717, 1.165) is 49.4 Å². The summed E-state index contributed by atoms with van der Waals surface area (Å²) in [5.74, 6) is 0.0324. The van der Waals surface area contributed by atoms with E-state index in [4.69, 9.17) is 9.47 Å². The van der Waals surface area contributed by atoms with Crippen molar-refractivity contribution >= 4 is 17.4 Å². The van der Waals surface area contributed by atoms with Crippen LogP contribution in [-0.2, 0) is 16.0 Å². The van der Waals surface area contributed by atoms with Crippen LogP contribution in [0.5, 0.6) is 11.5 Å². The second-order valence-electron chi connectivity index (χ2n) is 9.50. The molecule has 2 aliphatic rings. The van der Waals surface area contributed by atoms with Crippen molar-refractivity contribution in [2.45, 2.75) is 45.8 Å². The second-order valence-corrected chi connectivity index (χ2v) is 9.50. The number of benzene rings is 2. The molecule has 4 rings (SSSR count). The first-order valence-electron chi connectivity index (χ1n) is 13.0. The van der Waals surface area contributed by atoms with E-state index < -0.39 is 17.7 Å². The van der Waals surface area contributed by atoms with Gasteiger partial charge in [0.1, 0.15) is 30.0 Å². The van der Waals surface area contributed by atoms with Crippen LogP contribution in [0.4, 0.5) is 0 Å². The van der Waals surface area contributed by atoms with Gasteiger partial charge in [-0.1, -0.05) is 38.6 Å². The molecule has 7 heteroatoms. The molecule has 196 valence electrons. The lowest BCUT2D eigenvalue weighted by atomic mass is 9.94. The standard InChI is InChI=1S/C30H36N2O5/c1-5-17-36-24-12-9-21(10-13-24)27-26(28(33)22-11-14-25-23(19-22)18-20(4)37-25)29(34)30(35)32(27)16-8-15-31(6-2)7-3/h5,9-14,19-20,27,33H,1,6-8,15-18H2,2-4H3/b28-26+/t20-,27-/m1/s1. The van der Waals surface area contributed by atoms with Gasteiger partial charge >= 0.3 is 0 Å². The predicted molar refractivity (Wildman–Crippen MR) is 144 cm³/mol.